The summed E-state index contributed by atoms with van der Waals surface area (Å²) in [6, 6.07) is 27.3. The minimum Gasteiger partial charge on any atom is -0.492 e. The highest BCUT2D eigenvalue weighted by Gasteiger charge is 2.16. The van der Waals surface area contributed by atoms with Gasteiger partial charge in [-0.15, -0.1) is 0 Å². The lowest BCUT2D eigenvalue weighted by atomic mass is 10.1. The van der Waals surface area contributed by atoms with E-state index in [1.54, 1.807) is 19.2 Å². The lowest BCUT2D eigenvalue weighted by Crippen LogP contribution is -2.13. The van der Waals surface area contributed by atoms with Gasteiger partial charge in [0.15, 0.2) is 11.5 Å². The van der Waals surface area contributed by atoms with Gasteiger partial charge in [0.1, 0.15) is 6.61 Å². The molecule has 0 unspecified atom stereocenters. The molecule has 1 N–H and O–H groups in total. The summed E-state index contributed by atoms with van der Waals surface area (Å²) in [6.45, 7) is 0.392. The van der Waals surface area contributed by atoms with Gasteiger partial charge in [0.25, 0.3) is 5.91 Å². The molecule has 4 nitrogen and oxygen atoms in total. The first-order chi connectivity index (χ1) is 14.6. The Morgan fingerprint density at radius 3 is 2.40 bits per heavy atom. The summed E-state index contributed by atoms with van der Waals surface area (Å²) in [5, 5.41) is 5.18. The molecule has 150 valence electrons. The number of ether oxygens (including phenoxy) is 2. The maximum atomic E-state index is 12.9. The first-order valence-electron chi connectivity index (χ1n) is 9.48. The molecule has 0 aliphatic rings. The van der Waals surface area contributed by atoms with E-state index in [1.807, 2.05) is 72.8 Å². The van der Waals surface area contributed by atoms with Crippen LogP contribution in [0.15, 0.2) is 84.9 Å². The van der Waals surface area contributed by atoms with E-state index < -0.39 is 0 Å². The van der Waals surface area contributed by atoms with Gasteiger partial charge in [-0.25, -0.2) is 0 Å². The number of anilines is 1. The van der Waals surface area contributed by atoms with Crippen LogP contribution in [0, 0.1) is 3.57 Å². The summed E-state index contributed by atoms with van der Waals surface area (Å²) >= 11 is 2.16. The molecule has 4 rings (SSSR count). The van der Waals surface area contributed by atoms with Crippen LogP contribution >= 0.6 is 22.6 Å². The van der Waals surface area contributed by atoms with Crippen molar-refractivity contribution in [2.45, 2.75) is 6.61 Å². The van der Waals surface area contributed by atoms with Gasteiger partial charge in [-0.2, -0.15) is 0 Å². The van der Waals surface area contributed by atoms with E-state index in [0.29, 0.717) is 23.7 Å². The third-order valence-electron chi connectivity index (χ3n) is 4.72. The molecule has 0 radical (unpaired) electrons. The van der Waals surface area contributed by atoms with E-state index in [2.05, 4.69) is 27.9 Å². The molecule has 0 bridgehead atoms. The smallest absolute Gasteiger partial charge is 0.255 e. The Balaban J connectivity index is 1.57. The van der Waals surface area contributed by atoms with E-state index in [-0.39, 0.29) is 5.91 Å². The van der Waals surface area contributed by atoms with Crippen LogP contribution in [0.1, 0.15) is 15.9 Å². The number of rotatable bonds is 6. The van der Waals surface area contributed by atoms with Crippen molar-refractivity contribution < 1.29 is 14.3 Å². The Hall–Kier alpha value is -3.06. The number of hydrogen-bond acceptors (Lipinski definition) is 3. The summed E-state index contributed by atoms with van der Waals surface area (Å²) < 4.78 is 12.3. The largest absolute Gasteiger partial charge is 0.492 e. The quantitative estimate of drug-likeness (QED) is 0.311. The van der Waals surface area contributed by atoms with Gasteiger partial charge in [0.05, 0.1) is 10.7 Å². The topological polar surface area (TPSA) is 47.6 Å². The van der Waals surface area contributed by atoms with Crippen LogP contribution in [-0.4, -0.2) is 13.0 Å². The molecule has 0 aliphatic carbocycles. The minimum atomic E-state index is -0.199. The second-order valence-corrected chi connectivity index (χ2v) is 7.94. The number of fused-ring (bicyclic) bond motifs is 1. The molecule has 0 aromatic heterocycles. The Morgan fingerprint density at radius 2 is 1.63 bits per heavy atom. The summed E-state index contributed by atoms with van der Waals surface area (Å²) in [6.07, 6.45) is 0. The first kappa shape index (κ1) is 20.2. The van der Waals surface area contributed by atoms with Crippen molar-refractivity contribution in [3.05, 3.63) is 99.6 Å². The Morgan fingerprint density at radius 1 is 0.900 bits per heavy atom. The van der Waals surface area contributed by atoms with Crippen molar-refractivity contribution in [3.63, 3.8) is 0 Å². The molecule has 0 spiro atoms. The van der Waals surface area contributed by atoms with Crippen LogP contribution in [0.2, 0.25) is 0 Å². The van der Waals surface area contributed by atoms with Gasteiger partial charge in [0.2, 0.25) is 0 Å². The number of benzene rings is 4. The lowest BCUT2D eigenvalue weighted by Gasteiger charge is -2.14. The maximum Gasteiger partial charge on any atom is 0.255 e. The SMILES string of the molecule is COc1c(I)cc(C(=O)Nc2ccc3ccccc3c2)cc1OCc1ccccc1. The van der Waals surface area contributed by atoms with Gasteiger partial charge in [-0.05, 0) is 63.2 Å². The fraction of sp³-hybridized carbons (Fsp3) is 0.0800. The monoisotopic (exact) mass is 509 g/mol. The number of methoxy groups -OCH3 is 1. The molecule has 4 aromatic carbocycles. The van der Waals surface area contributed by atoms with Crippen LogP contribution in [-0.2, 0) is 6.61 Å². The summed E-state index contributed by atoms with van der Waals surface area (Å²) in [5.74, 6) is 0.959. The molecular formula is C25H20INO3. The van der Waals surface area contributed by atoms with Gasteiger partial charge in [0, 0.05) is 11.3 Å². The molecule has 5 heteroatoms. The van der Waals surface area contributed by atoms with Crippen molar-refractivity contribution in [1.29, 1.82) is 0 Å². The normalized spacial score (nSPS) is 10.6. The fourth-order valence-electron chi connectivity index (χ4n) is 3.21. The van der Waals surface area contributed by atoms with Crippen molar-refractivity contribution in [3.8, 4) is 11.5 Å². The zero-order valence-corrected chi connectivity index (χ0v) is 18.6. The Kier molecular flexibility index (Phi) is 6.18. The molecule has 1 amide bonds. The first-order valence-corrected chi connectivity index (χ1v) is 10.6. The van der Waals surface area contributed by atoms with Crippen LogP contribution < -0.4 is 14.8 Å². The highest BCUT2D eigenvalue weighted by atomic mass is 127. The van der Waals surface area contributed by atoms with Crippen molar-refractivity contribution >= 4 is 45.0 Å². The van der Waals surface area contributed by atoms with E-state index in [4.69, 9.17) is 9.47 Å². The molecule has 4 aromatic rings. The van der Waals surface area contributed by atoms with Crippen molar-refractivity contribution in [2.24, 2.45) is 0 Å². The molecule has 0 heterocycles. The molecule has 30 heavy (non-hydrogen) atoms. The predicted octanol–water partition coefficient (Wildman–Crippen LogP) is 6.28. The second-order valence-electron chi connectivity index (χ2n) is 6.78. The number of halogens is 1. The molecule has 0 aliphatic heterocycles. The Bertz CT molecular complexity index is 1190. The number of hydrogen-bond donors (Lipinski definition) is 1. The van der Waals surface area contributed by atoms with E-state index in [9.17, 15) is 4.79 Å². The van der Waals surface area contributed by atoms with Gasteiger partial charge >= 0.3 is 0 Å². The molecular weight excluding hydrogens is 489 g/mol. The van der Waals surface area contributed by atoms with Gasteiger partial charge in [-0.1, -0.05) is 60.7 Å². The lowest BCUT2D eigenvalue weighted by molar-refractivity contribution is 0.102. The average molecular weight is 509 g/mol. The zero-order valence-electron chi connectivity index (χ0n) is 16.4. The van der Waals surface area contributed by atoms with Crippen LogP contribution in [0.25, 0.3) is 10.8 Å². The maximum absolute atomic E-state index is 12.9. The van der Waals surface area contributed by atoms with Crippen LogP contribution in [0.3, 0.4) is 0 Å². The second kappa shape index (κ2) is 9.17. The molecule has 0 saturated heterocycles. The number of nitrogens with one attached hydrogen (secondary N) is 1. The van der Waals surface area contributed by atoms with E-state index >= 15 is 0 Å². The third-order valence-corrected chi connectivity index (χ3v) is 5.52. The fourth-order valence-corrected chi connectivity index (χ4v) is 4.03. The van der Waals surface area contributed by atoms with Gasteiger partial charge in [-0.3, -0.25) is 4.79 Å². The van der Waals surface area contributed by atoms with Crippen LogP contribution in [0.5, 0.6) is 11.5 Å². The number of amides is 1. The van der Waals surface area contributed by atoms with E-state index in [1.165, 1.54) is 0 Å². The molecule has 0 saturated carbocycles. The molecule has 0 atom stereocenters. The van der Waals surface area contributed by atoms with Gasteiger partial charge < -0.3 is 14.8 Å². The Labute approximate surface area is 189 Å². The average Bonchev–Trinajstić information content (AvgIpc) is 2.78. The summed E-state index contributed by atoms with van der Waals surface area (Å²) in [5.41, 5.74) is 2.30. The zero-order chi connectivity index (χ0) is 20.9. The number of carbonyl (C=O) groups excluding carboxylic acids is 1. The predicted molar refractivity (Wildman–Crippen MR) is 128 cm³/mol. The number of carbonyl (C=O) groups is 1. The minimum absolute atomic E-state index is 0.199. The summed E-state index contributed by atoms with van der Waals surface area (Å²) in [4.78, 5) is 12.9. The van der Waals surface area contributed by atoms with E-state index in [0.717, 1.165) is 25.6 Å². The highest BCUT2D eigenvalue weighted by molar-refractivity contribution is 14.1. The highest BCUT2D eigenvalue weighted by Crippen LogP contribution is 2.34. The van der Waals surface area contributed by atoms with Crippen molar-refractivity contribution in [2.75, 3.05) is 12.4 Å². The van der Waals surface area contributed by atoms with Crippen LogP contribution in [0.4, 0.5) is 5.69 Å². The summed E-state index contributed by atoms with van der Waals surface area (Å²) in [7, 11) is 1.60. The standard InChI is InChI=1S/C25H20INO3/c1-29-24-22(26)14-20(15-23(24)30-16-17-7-3-2-4-8-17)25(28)27-21-12-11-18-9-5-6-10-19(18)13-21/h2-15H,16H2,1H3,(H,27,28). The third kappa shape index (κ3) is 4.57. The molecule has 0 fully saturated rings. The van der Waals surface area contributed by atoms with Crippen molar-refractivity contribution in [1.82, 2.24) is 0 Å².